The Hall–Kier alpha value is -1.71. The molecule has 0 aliphatic heterocycles. The van der Waals surface area contributed by atoms with Crippen LogP contribution in [0.15, 0.2) is 42.5 Å². The maximum Gasteiger partial charge on any atom is 0.253 e. The zero-order chi connectivity index (χ0) is 14.7. The summed E-state index contributed by atoms with van der Waals surface area (Å²) in [7, 11) is 0. The maximum atomic E-state index is 12.1. The normalized spacial score (nSPS) is 11.9. The van der Waals surface area contributed by atoms with Crippen molar-refractivity contribution in [2.75, 3.05) is 0 Å². The molecule has 0 radical (unpaired) electrons. The van der Waals surface area contributed by atoms with E-state index in [2.05, 4.69) is 5.32 Å². The average molecular weight is 310 g/mol. The molecule has 2 aromatic carbocycles. The van der Waals surface area contributed by atoms with E-state index in [0.717, 1.165) is 5.56 Å². The minimum Gasteiger partial charge on any atom is -0.508 e. The smallest absolute Gasteiger partial charge is 0.253 e. The molecule has 2 rings (SSSR count). The van der Waals surface area contributed by atoms with Gasteiger partial charge in [0.15, 0.2) is 0 Å². The van der Waals surface area contributed by atoms with Gasteiger partial charge in [-0.1, -0.05) is 35.3 Å². The van der Waals surface area contributed by atoms with E-state index in [9.17, 15) is 9.90 Å². The number of aromatic hydroxyl groups is 1. The molecule has 104 valence electrons. The summed E-state index contributed by atoms with van der Waals surface area (Å²) in [5, 5.41) is 13.1. The number of hydrogen-bond acceptors (Lipinski definition) is 2. The zero-order valence-corrected chi connectivity index (χ0v) is 12.2. The summed E-state index contributed by atoms with van der Waals surface area (Å²) >= 11 is 11.9. The number of carbonyl (C=O) groups is 1. The second-order valence-electron chi connectivity index (χ2n) is 4.41. The Morgan fingerprint density at radius 2 is 1.95 bits per heavy atom. The van der Waals surface area contributed by atoms with Crippen LogP contribution in [0, 0.1) is 0 Å². The summed E-state index contributed by atoms with van der Waals surface area (Å²) in [5.41, 5.74) is 1.13. The molecule has 20 heavy (non-hydrogen) atoms. The van der Waals surface area contributed by atoms with Gasteiger partial charge >= 0.3 is 0 Å². The monoisotopic (exact) mass is 309 g/mol. The molecular formula is C15H13Cl2NO2. The lowest BCUT2D eigenvalue weighted by Crippen LogP contribution is -2.26. The number of nitrogens with one attached hydrogen (secondary N) is 1. The molecule has 0 aromatic heterocycles. The van der Waals surface area contributed by atoms with Crippen molar-refractivity contribution in [3.05, 3.63) is 63.6 Å². The molecule has 2 aromatic rings. The molecule has 0 heterocycles. The summed E-state index contributed by atoms with van der Waals surface area (Å²) in [5.74, 6) is -0.353. The summed E-state index contributed by atoms with van der Waals surface area (Å²) in [6.45, 7) is 1.85. The van der Waals surface area contributed by atoms with Crippen molar-refractivity contribution in [2.45, 2.75) is 13.0 Å². The molecule has 0 bridgehead atoms. The highest BCUT2D eigenvalue weighted by molar-refractivity contribution is 6.34. The molecule has 0 aliphatic carbocycles. The molecule has 1 unspecified atom stereocenters. The third-order valence-corrected chi connectivity index (χ3v) is 3.46. The van der Waals surface area contributed by atoms with Gasteiger partial charge in [-0.05, 0) is 42.8 Å². The summed E-state index contributed by atoms with van der Waals surface area (Å²) in [4.78, 5) is 12.1. The fraction of sp³-hybridized carbons (Fsp3) is 0.133. The van der Waals surface area contributed by atoms with Gasteiger partial charge in [0.2, 0.25) is 0 Å². The Bertz CT molecular complexity index is 644. The van der Waals surface area contributed by atoms with Crippen LogP contribution >= 0.6 is 23.2 Å². The Morgan fingerprint density at radius 1 is 1.20 bits per heavy atom. The van der Waals surface area contributed by atoms with Gasteiger partial charge in [-0.3, -0.25) is 4.79 Å². The molecule has 1 atom stereocenters. The predicted molar refractivity (Wildman–Crippen MR) is 80.5 cm³/mol. The van der Waals surface area contributed by atoms with E-state index in [4.69, 9.17) is 23.2 Å². The number of hydrogen-bond donors (Lipinski definition) is 2. The molecule has 0 saturated heterocycles. The van der Waals surface area contributed by atoms with E-state index < -0.39 is 0 Å². The highest BCUT2D eigenvalue weighted by Crippen LogP contribution is 2.23. The van der Waals surface area contributed by atoms with E-state index >= 15 is 0 Å². The van der Waals surface area contributed by atoms with E-state index in [1.54, 1.807) is 12.1 Å². The molecular weight excluding hydrogens is 297 g/mol. The number of rotatable bonds is 3. The van der Waals surface area contributed by atoms with Crippen LogP contribution in [0.4, 0.5) is 0 Å². The summed E-state index contributed by atoms with van der Waals surface area (Å²) in [6, 6.07) is 11.3. The van der Waals surface area contributed by atoms with Gasteiger partial charge < -0.3 is 10.4 Å². The lowest BCUT2D eigenvalue weighted by molar-refractivity contribution is 0.0939. The van der Waals surface area contributed by atoms with Gasteiger partial charge in [-0.25, -0.2) is 0 Å². The molecule has 0 aliphatic rings. The van der Waals surface area contributed by atoms with Gasteiger partial charge in [0, 0.05) is 5.02 Å². The minimum absolute atomic E-state index is 0.00467. The molecule has 3 nitrogen and oxygen atoms in total. The maximum absolute atomic E-state index is 12.1. The van der Waals surface area contributed by atoms with Crippen molar-refractivity contribution in [1.82, 2.24) is 5.32 Å². The first-order valence-corrected chi connectivity index (χ1v) is 6.78. The SMILES string of the molecule is CC(NC(=O)c1cc(O)ccc1Cl)c1cccc(Cl)c1. The molecule has 0 spiro atoms. The standard InChI is InChI=1S/C15H13Cl2NO2/c1-9(10-3-2-4-11(16)7-10)18-15(20)13-8-12(19)5-6-14(13)17/h2-9,19H,1H3,(H,18,20). The van der Waals surface area contributed by atoms with Crippen molar-refractivity contribution < 1.29 is 9.90 Å². The van der Waals surface area contributed by atoms with Crippen LogP contribution in [0.5, 0.6) is 5.75 Å². The zero-order valence-electron chi connectivity index (χ0n) is 10.7. The first-order chi connectivity index (χ1) is 9.47. The molecule has 5 heteroatoms. The Labute approximate surface area is 127 Å². The number of halogens is 2. The molecule has 0 fully saturated rings. The number of amides is 1. The van der Waals surface area contributed by atoms with Crippen LogP contribution in [-0.4, -0.2) is 11.0 Å². The van der Waals surface area contributed by atoms with Gasteiger partial charge in [0.05, 0.1) is 16.6 Å². The van der Waals surface area contributed by atoms with Crippen LogP contribution in [0.2, 0.25) is 10.0 Å². The van der Waals surface area contributed by atoms with Crippen LogP contribution < -0.4 is 5.32 Å². The third-order valence-electron chi connectivity index (χ3n) is 2.89. The minimum atomic E-state index is -0.349. The van der Waals surface area contributed by atoms with Gasteiger partial charge in [-0.15, -0.1) is 0 Å². The summed E-state index contributed by atoms with van der Waals surface area (Å²) in [6.07, 6.45) is 0. The van der Waals surface area contributed by atoms with Crippen molar-refractivity contribution in [3.63, 3.8) is 0 Å². The Kier molecular flexibility index (Phi) is 4.53. The fourth-order valence-corrected chi connectivity index (χ4v) is 2.22. The Balaban J connectivity index is 2.17. The molecule has 2 N–H and O–H groups in total. The first-order valence-electron chi connectivity index (χ1n) is 6.02. The number of phenolic OH excluding ortho intramolecular Hbond substituents is 1. The van der Waals surface area contributed by atoms with E-state index in [1.165, 1.54) is 18.2 Å². The second-order valence-corrected chi connectivity index (χ2v) is 5.26. The lowest BCUT2D eigenvalue weighted by Gasteiger charge is -2.15. The summed E-state index contributed by atoms with van der Waals surface area (Å²) < 4.78 is 0. The molecule has 1 amide bonds. The van der Waals surface area contributed by atoms with Gasteiger partial charge in [0.25, 0.3) is 5.91 Å². The largest absolute Gasteiger partial charge is 0.508 e. The van der Waals surface area contributed by atoms with E-state index in [0.29, 0.717) is 10.0 Å². The van der Waals surface area contributed by atoms with E-state index in [1.807, 2.05) is 19.1 Å². The van der Waals surface area contributed by atoms with Crippen molar-refractivity contribution in [3.8, 4) is 5.75 Å². The van der Waals surface area contributed by atoms with Crippen LogP contribution in [0.25, 0.3) is 0 Å². The number of carbonyl (C=O) groups excluding carboxylic acids is 1. The van der Waals surface area contributed by atoms with Gasteiger partial charge in [0.1, 0.15) is 5.75 Å². The Morgan fingerprint density at radius 3 is 2.65 bits per heavy atom. The second kappa shape index (κ2) is 6.16. The van der Waals surface area contributed by atoms with Crippen LogP contribution in [-0.2, 0) is 0 Å². The highest BCUT2D eigenvalue weighted by Gasteiger charge is 2.15. The van der Waals surface area contributed by atoms with Crippen molar-refractivity contribution in [2.24, 2.45) is 0 Å². The number of phenols is 1. The topological polar surface area (TPSA) is 49.3 Å². The molecule has 0 saturated carbocycles. The van der Waals surface area contributed by atoms with Gasteiger partial charge in [-0.2, -0.15) is 0 Å². The quantitative estimate of drug-likeness (QED) is 0.893. The van der Waals surface area contributed by atoms with E-state index in [-0.39, 0.29) is 23.3 Å². The fourth-order valence-electron chi connectivity index (χ4n) is 1.82. The lowest BCUT2D eigenvalue weighted by atomic mass is 10.1. The number of benzene rings is 2. The van der Waals surface area contributed by atoms with Crippen molar-refractivity contribution in [1.29, 1.82) is 0 Å². The predicted octanol–water partition coefficient (Wildman–Crippen LogP) is 4.19. The van der Waals surface area contributed by atoms with Crippen LogP contribution in [0.3, 0.4) is 0 Å². The third kappa shape index (κ3) is 3.44. The highest BCUT2D eigenvalue weighted by atomic mass is 35.5. The first kappa shape index (κ1) is 14.7. The van der Waals surface area contributed by atoms with Crippen molar-refractivity contribution >= 4 is 29.1 Å². The van der Waals surface area contributed by atoms with Crippen LogP contribution in [0.1, 0.15) is 28.9 Å². The average Bonchev–Trinajstić information content (AvgIpc) is 2.41.